The molecular weight excluding hydrogens is 196 g/mol. The molecule has 1 aromatic rings. The lowest BCUT2D eigenvalue weighted by Gasteiger charge is -2.05. The molecule has 80 valence electrons. The van der Waals surface area contributed by atoms with E-state index in [0.717, 1.165) is 0 Å². The lowest BCUT2D eigenvalue weighted by molar-refractivity contribution is -0.142. The van der Waals surface area contributed by atoms with Crippen molar-refractivity contribution in [3.05, 3.63) is 24.0 Å². The first-order valence-corrected chi connectivity index (χ1v) is 4.41. The molecule has 0 aromatic carbocycles. The van der Waals surface area contributed by atoms with Crippen molar-refractivity contribution in [2.75, 3.05) is 12.4 Å². The van der Waals surface area contributed by atoms with Crippen molar-refractivity contribution in [3.63, 3.8) is 0 Å². The number of nitrogens with one attached hydrogen (secondary N) is 1. The Morgan fingerprint density at radius 1 is 1.53 bits per heavy atom. The summed E-state index contributed by atoms with van der Waals surface area (Å²) < 4.78 is 4.37. The van der Waals surface area contributed by atoms with E-state index in [0.29, 0.717) is 11.4 Å². The van der Waals surface area contributed by atoms with Crippen molar-refractivity contribution in [1.29, 1.82) is 0 Å². The zero-order valence-corrected chi connectivity index (χ0v) is 8.61. The fraction of sp³-hybridized carbons (Fsp3) is 0.300. The topological polar surface area (TPSA) is 68.3 Å². The van der Waals surface area contributed by atoms with Crippen LogP contribution in [0.5, 0.6) is 0 Å². The summed E-state index contributed by atoms with van der Waals surface area (Å²) in [5.41, 5.74) is 1.31. The number of hydrogen-bond acceptors (Lipinski definition) is 4. The molecule has 1 aromatic heterocycles. The Morgan fingerprint density at radius 3 is 2.87 bits per heavy atom. The van der Waals surface area contributed by atoms with Crippen molar-refractivity contribution in [3.8, 4) is 0 Å². The fourth-order valence-electron chi connectivity index (χ4n) is 1.01. The highest BCUT2D eigenvalue weighted by atomic mass is 16.5. The summed E-state index contributed by atoms with van der Waals surface area (Å²) in [4.78, 5) is 26.1. The highest BCUT2D eigenvalue weighted by Crippen LogP contribution is 2.10. The van der Waals surface area contributed by atoms with Crippen LogP contribution in [0.15, 0.2) is 18.3 Å². The molecule has 5 nitrogen and oxygen atoms in total. The quantitative estimate of drug-likeness (QED) is 0.591. The Balaban J connectivity index is 2.59. The maximum absolute atomic E-state index is 11.3. The van der Waals surface area contributed by atoms with Gasteiger partial charge in [0.2, 0.25) is 5.91 Å². The van der Waals surface area contributed by atoms with E-state index in [1.807, 2.05) is 0 Å². The lowest BCUT2D eigenvalue weighted by Crippen LogP contribution is -2.17. The lowest BCUT2D eigenvalue weighted by atomic mass is 10.3. The molecule has 5 heteroatoms. The smallest absolute Gasteiger partial charge is 0.315 e. The molecule has 0 spiro atoms. The van der Waals surface area contributed by atoms with Gasteiger partial charge >= 0.3 is 5.97 Å². The van der Waals surface area contributed by atoms with Crippen LogP contribution in [0.1, 0.15) is 12.1 Å². The average Bonchev–Trinajstić information content (AvgIpc) is 2.21. The summed E-state index contributed by atoms with van der Waals surface area (Å²) in [5.74, 6) is -0.966. The Bertz CT molecular complexity index is 377. The number of amides is 1. The number of nitrogens with zero attached hydrogens (tertiary/aromatic N) is 1. The van der Waals surface area contributed by atoms with E-state index < -0.39 is 11.9 Å². The summed E-state index contributed by atoms with van der Waals surface area (Å²) in [6.45, 7) is 1.77. The maximum Gasteiger partial charge on any atom is 0.315 e. The van der Waals surface area contributed by atoms with Crippen LogP contribution in [-0.4, -0.2) is 24.0 Å². The van der Waals surface area contributed by atoms with E-state index in [-0.39, 0.29) is 6.42 Å². The van der Waals surface area contributed by atoms with Gasteiger partial charge in [-0.2, -0.15) is 0 Å². The van der Waals surface area contributed by atoms with Crippen molar-refractivity contribution < 1.29 is 14.3 Å². The van der Waals surface area contributed by atoms with Crippen molar-refractivity contribution in [2.45, 2.75) is 13.3 Å². The third-order valence-corrected chi connectivity index (χ3v) is 1.81. The number of methoxy groups -OCH3 is 1. The van der Waals surface area contributed by atoms with Gasteiger partial charge in [0.05, 0.1) is 18.5 Å². The summed E-state index contributed by atoms with van der Waals surface area (Å²) in [6.07, 6.45) is 1.34. The molecule has 0 unspecified atom stereocenters. The van der Waals surface area contributed by atoms with E-state index in [9.17, 15) is 9.59 Å². The van der Waals surface area contributed by atoms with Crippen LogP contribution < -0.4 is 5.32 Å². The minimum atomic E-state index is -0.561. The Hall–Kier alpha value is -1.91. The van der Waals surface area contributed by atoms with E-state index in [1.54, 1.807) is 25.3 Å². The Labute approximate surface area is 87.5 Å². The summed E-state index contributed by atoms with van der Waals surface area (Å²) in [6, 6.07) is 3.43. The average molecular weight is 208 g/mol. The molecule has 0 bridgehead atoms. The van der Waals surface area contributed by atoms with Crippen LogP contribution in [0.4, 0.5) is 5.69 Å². The molecule has 0 radical (unpaired) electrons. The molecule has 1 heterocycles. The largest absolute Gasteiger partial charge is 0.469 e. The SMILES string of the molecule is COC(=O)CC(=O)Nc1cccnc1C. The predicted octanol–water partition coefficient (Wildman–Crippen LogP) is 0.892. The summed E-state index contributed by atoms with van der Waals surface area (Å²) in [5, 5.41) is 2.57. The molecule has 0 aliphatic heterocycles. The number of aromatic nitrogens is 1. The first-order chi connectivity index (χ1) is 7.13. The van der Waals surface area contributed by atoms with Gasteiger partial charge in [0.15, 0.2) is 0 Å². The normalized spacial score (nSPS) is 9.47. The number of carbonyl (C=O) groups is 2. The second kappa shape index (κ2) is 5.09. The van der Waals surface area contributed by atoms with E-state index >= 15 is 0 Å². The predicted molar refractivity (Wildman–Crippen MR) is 54.2 cm³/mol. The van der Waals surface area contributed by atoms with Crippen molar-refractivity contribution in [2.24, 2.45) is 0 Å². The molecule has 0 saturated heterocycles. The highest BCUT2D eigenvalue weighted by molar-refractivity contribution is 6.02. The molecule has 15 heavy (non-hydrogen) atoms. The van der Waals surface area contributed by atoms with E-state index in [4.69, 9.17) is 0 Å². The van der Waals surface area contributed by atoms with Crippen molar-refractivity contribution in [1.82, 2.24) is 4.98 Å². The van der Waals surface area contributed by atoms with Gasteiger partial charge in [-0.1, -0.05) is 0 Å². The third-order valence-electron chi connectivity index (χ3n) is 1.81. The van der Waals surface area contributed by atoms with Crippen molar-refractivity contribution >= 4 is 17.6 Å². The van der Waals surface area contributed by atoms with Crippen LogP contribution in [0, 0.1) is 6.92 Å². The molecule has 0 fully saturated rings. The third kappa shape index (κ3) is 3.38. The Morgan fingerprint density at radius 2 is 2.27 bits per heavy atom. The first-order valence-electron chi connectivity index (χ1n) is 4.41. The number of esters is 1. The molecule has 1 rings (SSSR count). The van der Waals surface area contributed by atoms with Gasteiger partial charge in [-0.3, -0.25) is 14.6 Å². The van der Waals surface area contributed by atoms with Crippen LogP contribution in [0.2, 0.25) is 0 Å². The molecule has 0 aliphatic rings. The summed E-state index contributed by atoms with van der Waals surface area (Å²) in [7, 11) is 1.24. The van der Waals surface area contributed by atoms with Gasteiger partial charge in [0.1, 0.15) is 6.42 Å². The van der Waals surface area contributed by atoms with Crippen LogP contribution in [-0.2, 0) is 14.3 Å². The number of hydrogen-bond donors (Lipinski definition) is 1. The summed E-state index contributed by atoms with van der Waals surface area (Å²) >= 11 is 0. The number of ether oxygens (including phenoxy) is 1. The van der Waals surface area contributed by atoms with Gasteiger partial charge in [-0.05, 0) is 19.1 Å². The molecule has 0 aliphatic carbocycles. The standard InChI is InChI=1S/C10H12N2O3/c1-7-8(4-3-5-11-7)12-9(13)6-10(14)15-2/h3-5H,6H2,1-2H3,(H,12,13). The molecule has 0 atom stereocenters. The van der Waals surface area contributed by atoms with Crippen LogP contribution in [0.25, 0.3) is 0 Å². The first kappa shape index (κ1) is 11.2. The maximum atomic E-state index is 11.3. The zero-order chi connectivity index (χ0) is 11.3. The molecule has 1 amide bonds. The molecular formula is C10H12N2O3. The minimum Gasteiger partial charge on any atom is -0.469 e. The van der Waals surface area contributed by atoms with Gasteiger partial charge in [-0.15, -0.1) is 0 Å². The number of anilines is 1. The molecule has 0 saturated carbocycles. The second-order valence-corrected chi connectivity index (χ2v) is 2.94. The highest BCUT2D eigenvalue weighted by Gasteiger charge is 2.10. The van der Waals surface area contributed by atoms with Gasteiger partial charge in [0, 0.05) is 6.20 Å². The number of pyridine rings is 1. The minimum absolute atomic E-state index is 0.287. The monoisotopic (exact) mass is 208 g/mol. The van der Waals surface area contributed by atoms with E-state index in [2.05, 4.69) is 15.0 Å². The second-order valence-electron chi connectivity index (χ2n) is 2.94. The Kier molecular flexibility index (Phi) is 3.79. The number of rotatable bonds is 3. The van der Waals surface area contributed by atoms with Crippen LogP contribution in [0.3, 0.4) is 0 Å². The molecule has 1 N–H and O–H groups in total. The number of aryl methyl sites for hydroxylation is 1. The van der Waals surface area contributed by atoms with Gasteiger partial charge in [-0.25, -0.2) is 0 Å². The zero-order valence-electron chi connectivity index (χ0n) is 8.61. The van der Waals surface area contributed by atoms with E-state index in [1.165, 1.54) is 7.11 Å². The van der Waals surface area contributed by atoms with Gasteiger partial charge in [0.25, 0.3) is 0 Å². The fourth-order valence-corrected chi connectivity index (χ4v) is 1.01. The van der Waals surface area contributed by atoms with Crippen LogP contribution >= 0.6 is 0 Å². The number of carbonyl (C=O) groups excluding carboxylic acids is 2. The van der Waals surface area contributed by atoms with Gasteiger partial charge < -0.3 is 10.1 Å².